The van der Waals surface area contributed by atoms with E-state index < -0.39 is 66.9 Å². The van der Waals surface area contributed by atoms with Gasteiger partial charge in [0.05, 0.1) is 32.1 Å². The SMILES string of the molecule is CC(C)(C)C(=O)OCCP(=O)(OCOC(=O)C(C)(C)C)C(F)(F)c1ccc2sc(C(=O)Oc3c(Cl)c(Cl)c(Cl)c(Cl)c3Cl)cc2c1. The number of halogens is 7. The van der Waals surface area contributed by atoms with E-state index in [2.05, 4.69) is 0 Å². The minimum Gasteiger partial charge on any atom is -0.465 e. The summed E-state index contributed by atoms with van der Waals surface area (Å²) in [7, 11) is -5.06. The number of thiophene rings is 1. The molecule has 0 saturated carbocycles. The Hall–Kier alpha value is -1.69. The molecule has 1 aromatic heterocycles. The van der Waals surface area contributed by atoms with Crippen LogP contribution in [0.1, 0.15) is 56.8 Å². The number of benzene rings is 2. The Morgan fingerprint density at radius 2 is 1.33 bits per heavy atom. The number of hydrogen-bond acceptors (Lipinski definition) is 9. The summed E-state index contributed by atoms with van der Waals surface area (Å²) in [5.74, 6) is -2.78. The van der Waals surface area contributed by atoms with E-state index in [0.29, 0.717) is 4.70 Å². The van der Waals surface area contributed by atoms with E-state index >= 15 is 8.78 Å². The van der Waals surface area contributed by atoms with E-state index in [0.717, 1.165) is 23.5 Å². The van der Waals surface area contributed by atoms with Crippen LogP contribution in [0.5, 0.6) is 5.75 Å². The summed E-state index contributed by atoms with van der Waals surface area (Å²) >= 11 is 31.2. The second-order valence-electron chi connectivity index (χ2n) is 11.9. The summed E-state index contributed by atoms with van der Waals surface area (Å²) in [6.07, 6.45) is -0.887. The summed E-state index contributed by atoms with van der Waals surface area (Å²) in [6, 6.07) is 4.60. The lowest BCUT2D eigenvalue weighted by Crippen LogP contribution is -2.27. The molecule has 0 bridgehead atoms. The van der Waals surface area contributed by atoms with Crippen molar-refractivity contribution in [1.29, 1.82) is 0 Å². The predicted octanol–water partition coefficient (Wildman–Crippen LogP) is 10.9. The number of carbonyl (C=O) groups excluding carboxylic acids is 3. The van der Waals surface area contributed by atoms with Crippen molar-refractivity contribution in [3.05, 3.63) is 59.8 Å². The molecule has 17 heteroatoms. The molecule has 252 valence electrons. The first kappa shape index (κ1) is 38.8. The average molecular weight is 783 g/mol. The Bertz CT molecular complexity index is 1670. The minimum atomic E-state index is -5.06. The molecule has 0 aliphatic heterocycles. The lowest BCUT2D eigenvalue weighted by Gasteiger charge is -2.28. The molecule has 0 aliphatic carbocycles. The topological polar surface area (TPSA) is 105 Å². The lowest BCUT2D eigenvalue weighted by molar-refractivity contribution is -0.160. The van der Waals surface area contributed by atoms with Gasteiger partial charge in [0.25, 0.3) is 7.37 Å². The normalized spacial score (nSPS) is 13.8. The van der Waals surface area contributed by atoms with Gasteiger partial charge in [0, 0.05) is 10.3 Å². The number of rotatable bonds is 10. The highest BCUT2D eigenvalue weighted by Gasteiger charge is 2.53. The molecular weight excluding hydrogens is 755 g/mol. The van der Waals surface area contributed by atoms with Crippen molar-refractivity contribution < 1.29 is 46.5 Å². The molecule has 0 radical (unpaired) electrons. The average Bonchev–Trinajstić information content (AvgIpc) is 3.40. The van der Waals surface area contributed by atoms with Crippen LogP contribution in [0.25, 0.3) is 10.1 Å². The van der Waals surface area contributed by atoms with Crippen LogP contribution >= 0.6 is 76.7 Å². The van der Waals surface area contributed by atoms with E-state index in [1.807, 2.05) is 0 Å². The van der Waals surface area contributed by atoms with E-state index in [1.54, 1.807) is 41.5 Å². The van der Waals surface area contributed by atoms with E-state index in [4.69, 9.17) is 76.7 Å². The third-order valence-corrected chi connectivity index (χ3v) is 11.9. The van der Waals surface area contributed by atoms with Gasteiger partial charge in [-0.05, 0) is 65.1 Å². The van der Waals surface area contributed by atoms with Crippen molar-refractivity contribution in [3.63, 3.8) is 0 Å². The first-order valence-electron chi connectivity index (χ1n) is 13.2. The molecule has 3 aromatic rings. The molecule has 1 atom stereocenters. The molecule has 2 aromatic carbocycles. The van der Waals surface area contributed by atoms with Crippen LogP contribution in [0.2, 0.25) is 25.1 Å². The zero-order chi connectivity index (χ0) is 35.0. The molecule has 0 spiro atoms. The van der Waals surface area contributed by atoms with Gasteiger partial charge in [0.1, 0.15) is 21.5 Å². The van der Waals surface area contributed by atoms with Gasteiger partial charge in [0.15, 0.2) is 12.5 Å². The maximum atomic E-state index is 16.1. The van der Waals surface area contributed by atoms with Crippen LogP contribution in [0, 0.1) is 10.8 Å². The highest BCUT2D eigenvalue weighted by molar-refractivity contribution is 7.59. The highest BCUT2D eigenvalue weighted by atomic mass is 35.5. The summed E-state index contributed by atoms with van der Waals surface area (Å²) in [4.78, 5) is 37.3. The zero-order valence-electron chi connectivity index (χ0n) is 25.2. The van der Waals surface area contributed by atoms with Crippen LogP contribution in [0.15, 0.2) is 24.3 Å². The van der Waals surface area contributed by atoms with Crippen LogP contribution in [0.4, 0.5) is 8.78 Å². The van der Waals surface area contributed by atoms with Crippen molar-refractivity contribution in [2.45, 2.75) is 47.2 Å². The van der Waals surface area contributed by atoms with Crippen LogP contribution in [-0.2, 0) is 33.8 Å². The van der Waals surface area contributed by atoms with Crippen LogP contribution in [-0.4, -0.2) is 37.5 Å². The number of alkyl halides is 2. The third-order valence-electron chi connectivity index (χ3n) is 6.15. The number of fused-ring (bicyclic) bond motifs is 1. The van der Waals surface area contributed by atoms with Crippen molar-refractivity contribution in [2.24, 2.45) is 10.8 Å². The monoisotopic (exact) mass is 780 g/mol. The molecular formula is C29H28Cl5F2O8PS. The standard InChI is InChI=1S/C29H28Cl5F2O8PS/c1-27(2,3)25(38)41-9-10-45(40,43-13-42-26(39)28(4,5)6)29(35,36)15-7-8-16-14(11-15)12-17(46-16)24(37)44-23-21(33)19(31)18(30)20(32)22(23)34/h7-8,11-12H,9-10,13H2,1-6H3. The molecule has 0 N–H and O–H groups in total. The molecule has 0 amide bonds. The third kappa shape index (κ3) is 8.47. The Labute approximate surface area is 292 Å². The Balaban J connectivity index is 1.93. The molecule has 3 rings (SSSR count). The molecule has 0 saturated heterocycles. The van der Waals surface area contributed by atoms with Crippen molar-refractivity contribution >= 4 is 105 Å². The molecule has 0 aliphatic rings. The van der Waals surface area contributed by atoms with Crippen LogP contribution < -0.4 is 4.74 Å². The van der Waals surface area contributed by atoms with Gasteiger partial charge in [-0.2, -0.15) is 8.78 Å². The first-order chi connectivity index (χ1) is 21.0. The van der Waals surface area contributed by atoms with Gasteiger partial charge < -0.3 is 14.2 Å². The summed E-state index contributed by atoms with van der Waals surface area (Å²) in [5.41, 5.74) is -6.80. The number of carbonyl (C=O) groups is 3. The summed E-state index contributed by atoms with van der Waals surface area (Å²) in [5, 5.41) is -0.907. The van der Waals surface area contributed by atoms with Gasteiger partial charge in [-0.1, -0.05) is 64.1 Å². The van der Waals surface area contributed by atoms with E-state index in [9.17, 15) is 18.9 Å². The first-order valence-corrected chi connectivity index (χ1v) is 17.8. The number of esters is 3. The Morgan fingerprint density at radius 1 is 0.804 bits per heavy atom. The minimum absolute atomic E-state index is 0.0348. The fourth-order valence-corrected chi connectivity index (χ4v) is 7.26. The smallest absolute Gasteiger partial charge is 0.353 e. The van der Waals surface area contributed by atoms with Crippen molar-refractivity contribution in [1.82, 2.24) is 0 Å². The quantitative estimate of drug-likeness (QED) is 0.0500. The van der Waals surface area contributed by atoms with Gasteiger partial charge >= 0.3 is 23.6 Å². The highest BCUT2D eigenvalue weighted by Crippen LogP contribution is 2.66. The summed E-state index contributed by atoms with van der Waals surface area (Å²) < 4.78 is 66.8. The van der Waals surface area contributed by atoms with Gasteiger partial charge in [0.2, 0.25) is 0 Å². The van der Waals surface area contributed by atoms with E-state index in [1.165, 1.54) is 12.1 Å². The van der Waals surface area contributed by atoms with Crippen molar-refractivity contribution in [2.75, 3.05) is 19.6 Å². The fourth-order valence-electron chi connectivity index (χ4n) is 3.49. The van der Waals surface area contributed by atoms with Gasteiger partial charge in [-0.15, -0.1) is 11.3 Å². The number of ether oxygens (including phenoxy) is 3. The molecule has 0 fully saturated rings. The molecule has 46 heavy (non-hydrogen) atoms. The van der Waals surface area contributed by atoms with Gasteiger partial charge in [-0.3, -0.25) is 18.7 Å². The zero-order valence-corrected chi connectivity index (χ0v) is 30.7. The number of hydrogen-bond donors (Lipinski definition) is 0. The molecule has 1 unspecified atom stereocenters. The Kier molecular flexibility index (Phi) is 12.2. The fraction of sp³-hybridized carbons (Fsp3) is 0.414. The van der Waals surface area contributed by atoms with Gasteiger partial charge in [-0.25, -0.2) is 4.79 Å². The summed E-state index contributed by atoms with van der Waals surface area (Å²) in [6.45, 7) is 7.63. The maximum Gasteiger partial charge on any atom is 0.353 e. The predicted molar refractivity (Wildman–Crippen MR) is 177 cm³/mol. The van der Waals surface area contributed by atoms with Crippen molar-refractivity contribution in [3.8, 4) is 5.75 Å². The second-order valence-corrected chi connectivity index (χ2v) is 17.5. The van der Waals surface area contributed by atoms with E-state index in [-0.39, 0.29) is 41.1 Å². The molecule has 1 heterocycles. The maximum absolute atomic E-state index is 16.1. The lowest BCUT2D eigenvalue weighted by atomic mass is 9.97. The van der Waals surface area contributed by atoms with Crippen LogP contribution in [0.3, 0.4) is 0 Å². The molecule has 8 nitrogen and oxygen atoms in total. The Morgan fingerprint density at radius 3 is 1.87 bits per heavy atom. The second kappa shape index (κ2) is 14.4. The largest absolute Gasteiger partial charge is 0.465 e.